The van der Waals surface area contributed by atoms with Gasteiger partial charge in [0.05, 0.1) is 5.56 Å². The predicted octanol–water partition coefficient (Wildman–Crippen LogP) is -0.493. The fourth-order valence-corrected chi connectivity index (χ4v) is 0.570. The molecule has 0 heterocycles. The van der Waals surface area contributed by atoms with Crippen LogP contribution in [-0.4, -0.2) is 0 Å². The van der Waals surface area contributed by atoms with Crippen molar-refractivity contribution in [2.24, 2.45) is 0 Å². The molecule has 0 amide bonds. The Morgan fingerprint density at radius 3 is 2.00 bits per heavy atom. The monoisotopic (exact) mass is 244 g/mol. The topological polar surface area (TPSA) is 0 Å². The van der Waals surface area contributed by atoms with Gasteiger partial charge in [-0.05, 0) is 12.1 Å². The zero-order chi connectivity index (χ0) is 7.61. The minimum absolute atomic E-state index is 0. The van der Waals surface area contributed by atoms with Gasteiger partial charge in [-0.1, -0.05) is 18.2 Å². The summed E-state index contributed by atoms with van der Waals surface area (Å²) in [6.45, 7) is 0. The molecule has 0 nitrogen and oxygen atoms in total. The Balaban J connectivity index is 0. The third-order valence-electron chi connectivity index (χ3n) is 1.01. The van der Waals surface area contributed by atoms with Crippen molar-refractivity contribution < 1.29 is 45.1 Å². The van der Waals surface area contributed by atoms with E-state index in [0.717, 1.165) is 6.07 Å². The molecule has 1 rings (SSSR count). The molecule has 5 heteroatoms. The summed E-state index contributed by atoms with van der Waals surface area (Å²) in [5.41, 5.74) is -0.727. The van der Waals surface area contributed by atoms with E-state index in [0.29, 0.717) is 0 Å². The summed E-state index contributed by atoms with van der Waals surface area (Å²) < 4.78 is 35.3. The van der Waals surface area contributed by atoms with E-state index >= 15 is 0 Å². The molecular weight excluding hydrogens is 242 g/mol. The van der Waals surface area contributed by atoms with Crippen molar-refractivity contribution in [2.75, 3.05) is 0 Å². The molecule has 0 aliphatic heterocycles. The summed E-state index contributed by atoms with van der Waals surface area (Å²) in [5, 5.41) is 0. The van der Waals surface area contributed by atoms with Crippen LogP contribution in [0.25, 0.3) is 0 Å². The van der Waals surface area contributed by atoms with Crippen molar-refractivity contribution in [1.82, 2.24) is 0 Å². The van der Waals surface area contributed by atoms with Gasteiger partial charge in [0.25, 0.3) is 0 Å². The maximum atomic E-state index is 11.8. The van der Waals surface area contributed by atoms with Crippen LogP contribution < -0.4 is 12.4 Å². The van der Waals surface area contributed by atoms with Gasteiger partial charge >= 0.3 is 6.18 Å². The SMILES string of the molecule is FC(F)(F)c1[c]cccc1.[Cl-].[Zn]. The largest absolute Gasteiger partial charge is 1.00 e. The second-order valence-electron chi connectivity index (χ2n) is 1.77. The molecule has 0 saturated carbocycles. The molecule has 12 heavy (non-hydrogen) atoms. The van der Waals surface area contributed by atoms with E-state index in [1.54, 1.807) is 0 Å². The molecule has 0 aliphatic carbocycles. The molecule has 0 fully saturated rings. The molecule has 0 bridgehead atoms. The number of hydrogen-bond acceptors (Lipinski definition) is 0. The van der Waals surface area contributed by atoms with Crippen LogP contribution in [0.1, 0.15) is 5.56 Å². The van der Waals surface area contributed by atoms with Crippen molar-refractivity contribution in [1.29, 1.82) is 0 Å². The summed E-state index contributed by atoms with van der Waals surface area (Å²) >= 11 is 0. The summed E-state index contributed by atoms with van der Waals surface area (Å²) in [6.07, 6.45) is -4.26. The summed E-state index contributed by atoms with van der Waals surface area (Å²) in [5.74, 6) is 0. The molecule has 1 aromatic rings. The zero-order valence-corrected chi connectivity index (χ0v) is 9.75. The van der Waals surface area contributed by atoms with Crippen molar-refractivity contribution in [3.8, 4) is 0 Å². The van der Waals surface area contributed by atoms with E-state index in [4.69, 9.17) is 0 Å². The standard InChI is InChI=1S/C7H4F3.ClH.Zn/c8-7(9,10)6-4-2-1-3-5-6;;/h1-4H;1H;/p-1. The Kier molecular flexibility index (Phi) is 6.68. The first kappa shape index (κ1) is 14.4. The zero-order valence-electron chi connectivity index (χ0n) is 6.03. The normalized spacial score (nSPS) is 9.58. The van der Waals surface area contributed by atoms with Gasteiger partial charge in [0.1, 0.15) is 0 Å². The van der Waals surface area contributed by atoms with Crippen LogP contribution in [0, 0.1) is 6.07 Å². The van der Waals surface area contributed by atoms with Crippen LogP contribution in [0.3, 0.4) is 0 Å². The molecule has 0 unspecified atom stereocenters. The molecule has 1 aromatic carbocycles. The van der Waals surface area contributed by atoms with Gasteiger partial charge in [0, 0.05) is 19.5 Å². The van der Waals surface area contributed by atoms with Crippen LogP contribution in [0.2, 0.25) is 0 Å². The molecule has 1 radical (unpaired) electrons. The quantitative estimate of drug-likeness (QED) is 0.542. The number of rotatable bonds is 0. The molecule has 0 atom stereocenters. The molecular formula is C7H4ClF3Zn-. The number of alkyl halides is 3. The molecule has 0 saturated heterocycles. The number of halogens is 4. The van der Waals surface area contributed by atoms with E-state index in [1.165, 1.54) is 18.2 Å². The number of benzene rings is 1. The minimum atomic E-state index is -4.26. The van der Waals surface area contributed by atoms with E-state index in [1.807, 2.05) is 0 Å². The van der Waals surface area contributed by atoms with Gasteiger partial charge in [0.15, 0.2) is 0 Å². The summed E-state index contributed by atoms with van der Waals surface area (Å²) in [7, 11) is 0. The second kappa shape index (κ2) is 5.55. The Hall–Kier alpha value is -0.0766. The first-order valence-corrected chi connectivity index (χ1v) is 2.64. The third-order valence-corrected chi connectivity index (χ3v) is 1.01. The fraction of sp³-hybridized carbons (Fsp3) is 0.143. The van der Waals surface area contributed by atoms with Crippen LogP contribution in [-0.2, 0) is 25.7 Å². The fourth-order valence-electron chi connectivity index (χ4n) is 0.570. The van der Waals surface area contributed by atoms with Crippen molar-refractivity contribution in [2.45, 2.75) is 6.18 Å². The smallest absolute Gasteiger partial charge is 0.417 e. The van der Waals surface area contributed by atoms with Crippen molar-refractivity contribution in [3.63, 3.8) is 0 Å². The van der Waals surface area contributed by atoms with E-state index in [9.17, 15) is 13.2 Å². The molecule has 63 valence electrons. The predicted molar refractivity (Wildman–Crippen MR) is 30.3 cm³/mol. The van der Waals surface area contributed by atoms with Crippen LogP contribution in [0.15, 0.2) is 24.3 Å². The minimum Gasteiger partial charge on any atom is -1.00 e. The average Bonchev–Trinajstić information content (AvgIpc) is 1.88. The Bertz CT molecular complexity index is 210. The molecule has 0 aromatic heterocycles. The Labute approximate surface area is 87.3 Å². The van der Waals surface area contributed by atoms with E-state index < -0.39 is 11.7 Å². The van der Waals surface area contributed by atoms with Gasteiger partial charge in [0.2, 0.25) is 0 Å². The van der Waals surface area contributed by atoms with Gasteiger partial charge in [-0.2, -0.15) is 13.2 Å². The van der Waals surface area contributed by atoms with Gasteiger partial charge in [-0.3, -0.25) is 0 Å². The van der Waals surface area contributed by atoms with Crippen molar-refractivity contribution >= 4 is 0 Å². The molecule has 0 spiro atoms. The Morgan fingerprint density at radius 1 is 1.17 bits per heavy atom. The van der Waals surface area contributed by atoms with Gasteiger partial charge < -0.3 is 12.4 Å². The second-order valence-corrected chi connectivity index (χ2v) is 1.77. The average molecular weight is 246 g/mol. The van der Waals surface area contributed by atoms with E-state index in [2.05, 4.69) is 6.07 Å². The number of hydrogen-bond donors (Lipinski definition) is 0. The maximum Gasteiger partial charge on any atom is 0.417 e. The van der Waals surface area contributed by atoms with Crippen LogP contribution >= 0.6 is 0 Å². The van der Waals surface area contributed by atoms with E-state index in [-0.39, 0.29) is 31.9 Å². The first-order valence-electron chi connectivity index (χ1n) is 2.64. The molecule has 0 N–H and O–H groups in total. The van der Waals surface area contributed by atoms with Crippen LogP contribution in [0.5, 0.6) is 0 Å². The first-order chi connectivity index (χ1) is 4.61. The Morgan fingerprint density at radius 2 is 1.75 bits per heavy atom. The molecule has 0 aliphatic rings. The summed E-state index contributed by atoms with van der Waals surface area (Å²) in [4.78, 5) is 0. The maximum absolute atomic E-state index is 11.8. The van der Waals surface area contributed by atoms with Gasteiger partial charge in [-0.25, -0.2) is 0 Å². The third kappa shape index (κ3) is 4.08. The van der Waals surface area contributed by atoms with Crippen molar-refractivity contribution in [3.05, 3.63) is 35.9 Å². The van der Waals surface area contributed by atoms with Crippen LogP contribution in [0.4, 0.5) is 13.2 Å². The summed E-state index contributed by atoms with van der Waals surface area (Å²) in [6, 6.07) is 7.14. The van der Waals surface area contributed by atoms with Gasteiger partial charge in [-0.15, -0.1) is 0 Å².